The van der Waals surface area contributed by atoms with Gasteiger partial charge in [0.1, 0.15) is 5.82 Å². The van der Waals surface area contributed by atoms with Gasteiger partial charge in [-0.15, -0.1) is 0 Å². The van der Waals surface area contributed by atoms with Crippen molar-refractivity contribution in [2.24, 2.45) is 5.92 Å². The molecule has 0 bridgehead atoms. The summed E-state index contributed by atoms with van der Waals surface area (Å²) in [7, 11) is 0. The number of rotatable bonds is 4. The van der Waals surface area contributed by atoms with Crippen molar-refractivity contribution < 1.29 is 9.50 Å². The predicted molar refractivity (Wildman–Crippen MR) is 86.2 cm³/mol. The fraction of sp³-hybridized carbons (Fsp3) is 0.667. The molecule has 0 aliphatic carbocycles. The van der Waals surface area contributed by atoms with Gasteiger partial charge in [-0.25, -0.2) is 4.39 Å². The van der Waals surface area contributed by atoms with Crippen molar-refractivity contribution in [1.82, 2.24) is 9.80 Å². The summed E-state index contributed by atoms with van der Waals surface area (Å²) in [5, 5.41) is 10.4. The van der Waals surface area contributed by atoms with Gasteiger partial charge in [0.05, 0.1) is 6.10 Å². The van der Waals surface area contributed by atoms with Crippen molar-refractivity contribution in [3.63, 3.8) is 0 Å². The Balaban J connectivity index is 1.49. The maximum atomic E-state index is 13.4. The van der Waals surface area contributed by atoms with Gasteiger partial charge in [-0.1, -0.05) is 13.0 Å². The van der Waals surface area contributed by atoms with Gasteiger partial charge in [0, 0.05) is 26.2 Å². The first-order valence-electron chi connectivity index (χ1n) is 8.50. The molecule has 0 aromatic heterocycles. The molecule has 0 saturated carbocycles. The molecule has 1 aromatic rings. The highest BCUT2D eigenvalue weighted by Crippen LogP contribution is 2.21. The predicted octanol–water partition coefficient (Wildman–Crippen LogP) is 2.28. The zero-order chi connectivity index (χ0) is 15.5. The number of aliphatic hydroxyl groups excluding tert-OH is 1. The maximum Gasteiger partial charge on any atom is 0.123 e. The van der Waals surface area contributed by atoms with Gasteiger partial charge in [-0.2, -0.15) is 0 Å². The Morgan fingerprint density at radius 1 is 1.14 bits per heavy atom. The topological polar surface area (TPSA) is 26.7 Å². The molecule has 3 rings (SSSR count). The number of halogens is 1. The van der Waals surface area contributed by atoms with Crippen molar-refractivity contribution in [2.75, 3.05) is 32.7 Å². The molecule has 4 heteroatoms. The van der Waals surface area contributed by atoms with Crippen LogP contribution in [-0.2, 0) is 13.0 Å². The number of aliphatic hydroxyl groups is 1. The minimum absolute atomic E-state index is 0.163. The van der Waals surface area contributed by atoms with Crippen LogP contribution in [0.15, 0.2) is 18.2 Å². The lowest BCUT2D eigenvalue weighted by Crippen LogP contribution is -2.44. The minimum Gasteiger partial charge on any atom is -0.390 e. The summed E-state index contributed by atoms with van der Waals surface area (Å²) >= 11 is 0. The Hall–Kier alpha value is -0.970. The quantitative estimate of drug-likeness (QED) is 0.924. The molecule has 1 saturated heterocycles. The van der Waals surface area contributed by atoms with E-state index in [1.807, 2.05) is 6.07 Å². The summed E-state index contributed by atoms with van der Waals surface area (Å²) < 4.78 is 13.4. The van der Waals surface area contributed by atoms with E-state index in [-0.39, 0.29) is 11.9 Å². The lowest BCUT2D eigenvalue weighted by atomic mass is 9.98. The smallest absolute Gasteiger partial charge is 0.123 e. The summed E-state index contributed by atoms with van der Waals surface area (Å²) in [5.74, 6) is 0.658. The maximum absolute atomic E-state index is 13.4. The number of nitrogens with zero attached hydrogens (tertiary/aromatic N) is 2. The first-order valence-corrected chi connectivity index (χ1v) is 8.50. The number of β-amino-alcohol motifs (C(OH)–C–C–N with tert-alkyl or cyclic N) is 1. The number of hydrogen-bond donors (Lipinski definition) is 1. The Morgan fingerprint density at radius 2 is 1.86 bits per heavy atom. The molecule has 0 amide bonds. The number of piperidine rings is 1. The Kier molecular flexibility index (Phi) is 5.11. The molecule has 0 spiro atoms. The molecule has 0 radical (unpaired) electrons. The number of likely N-dealkylation sites (tertiary alicyclic amines) is 1. The van der Waals surface area contributed by atoms with Crippen molar-refractivity contribution in [3.8, 4) is 0 Å². The van der Waals surface area contributed by atoms with Crippen LogP contribution < -0.4 is 0 Å². The lowest BCUT2D eigenvalue weighted by Gasteiger charge is -2.34. The average molecular weight is 306 g/mol. The highest BCUT2D eigenvalue weighted by Gasteiger charge is 2.22. The summed E-state index contributed by atoms with van der Waals surface area (Å²) in [6.45, 7) is 7.66. The van der Waals surface area contributed by atoms with E-state index in [9.17, 15) is 9.50 Å². The van der Waals surface area contributed by atoms with Crippen LogP contribution in [0.4, 0.5) is 4.39 Å². The molecular formula is C18H27FN2O. The number of hydrogen-bond acceptors (Lipinski definition) is 3. The van der Waals surface area contributed by atoms with Crippen molar-refractivity contribution in [2.45, 2.75) is 38.8 Å². The van der Waals surface area contributed by atoms with Gasteiger partial charge in [-0.05, 0) is 61.5 Å². The summed E-state index contributed by atoms with van der Waals surface area (Å²) in [5.41, 5.74) is 2.32. The third-order valence-corrected chi connectivity index (χ3v) is 5.07. The highest BCUT2D eigenvalue weighted by molar-refractivity contribution is 5.29. The monoisotopic (exact) mass is 306 g/mol. The van der Waals surface area contributed by atoms with E-state index in [1.165, 1.54) is 18.4 Å². The van der Waals surface area contributed by atoms with E-state index in [0.29, 0.717) is 6.54 Å². The van der Waals surface area contributed by atoms with Crippen molar-refractivity contribution >= 4 is 0 Å². The first kappa shape index (κ1) is 15.9. The molecule has 3 nitrogen and oxygen atoms in total. The van der Waals surface area contributed by atoms with Gasteiger partial charge in [-0.3, -0.25) is 4.90 Å². The van der Waals surface area contributed by atoms with E-state index in [4.69, 9.17) is 0 Å². The highest BCUT2D eigenvalue weighted by atomic mass is 19.1. The summed E-state index contributed by atoms with van der Waals surface area (Å²) in [4.78, 5) is 4.63. The van der Waals surface area contributed by atoms with Crippen LogP contribution in [0.2, 0.25) is 0 Å². The number of benzene rings is 1. The molecule has 2 heterocycles. The van der Waals surface area contributed by atoms with Crippen molar-refractivity contribution in [3.05, 3.63) is 35.1 Å². The normalized spacial score (nSPS) is 22.5. The molecule has 1 fully saturated rings. The van der Waals surface area contributed by atoms with Gasteiger partial charge >= 0.3 is 0 Å². The molecule has 2 aliphatic rings. The number of fused-ring (bicyclic) bond motifs is 1. The van der Waals surface area contributed by atoms with Crippen LogP contribution >= 0.6 is 0 Å². The molecular weight excluding hydrogens is 279 g/mol. The van der Waals surface area contributed by atoms with Crippen LogP contribution in [-0.4, -0.2) is 53.7 Å². The van der Waals surface area contributed by atoms with Gasteiger partial charge in [0.25, 0.3) is 0 Å². The van der Waals surface area contributed by atoms with Gasteiger partial charge in [0.15, 0.2) is 0 Å². The van der Waals surface area contributed by atoms with Gasteiger partial charge < -0.3 is 10.0 Å². The van der Waals surface area contributed by atoms with Gasteiger partial charge in [0.2, 0.25) is 0 Å². The Bertz CT molecular complexity index is 500. The van der Waals surface area contributed by atoms with E-state index in [1.54, 1.807) is 12.1 Å². The van der Waals surface area contributed by atoms with Crippen LogP contribution in [0.25, 0.3) is 0 Å². The molecule has 122 valence electrons. The third kappa shape index (κ3) is 4.06. The third-order valence-electron chi connectivity index (χ3n) is 5.07. The molecule has 1 unspecified atom stereocenters. The van der Waals surface area contributed by atoms with Crippen LogP contribution in [0.5, 0.6) is 0 Å². The fourth-order valence-electron chi connectivity index (χ4n) is 3.64. The molecule has 1 atom stereocenters. The first-order chi connectivity index (χ1) is 10.6. The average Bonchev–Trinajstić information content (AvgIpc) is 2.49. The summed E-state index contributed by atoms with van der Waals surface area (Å²) in [6.07, 6.45) is 3.11. The Labute approximate surface area is 132 Å². The second kappa shape index (κ2) is 7.07. The zero-order valence-electron chi connectivity index (χ0n) is 13.5. The van der Waals surface area contributed by atoms with Crippen LogP contribution in [0.3, 0.4) is 0 Å². The van der Waals surface area contributed by atoms with E-state index >= 15 is 0 Å². The SMILES string of the molecule is CC1CCN(CC(O)CN2CCc3ccc(F)cc3C2)CC1. The lowest BCUT2D eigenvalue weighted by molar-refractivity contribution is 0.0575. The summed E-state index contributed by atoms with van der Waals surface area (Å²) in [6, 6.07) is 5.08. The van der Waals surface area contributed by atoms with E-state index in [2.05, 4.69) is 16.7 Å². The van der Waals surface area contributed by atoms with E-state index < -0.39 is 0 Å². The molecule has 2 aliphatic heterocycles. The molecule has 1 aromatic carbocycles. The minimum atomic E-state index is -0.316. The standard InChI is InChI=1S/C18H27FN2O/c1-14-4-7-20(8-5-14)12-18(22)13-21-9-6-15-2-3-17(19)10-16(15)11-21/h2-3,10,14,18,22H,4-9,11-13H2,1H3. The van der Waals surface area contributed by atoms with E-state index in [0.717, 1.165) is 50.6 Å². The second-order valence-electron chi connectivity index (χ2n) is 7.04. The van der Waals surface area contributed by atoms with Crippen molar-refractivity contribution in [1.29, 1.82) is 0 Å². The van der Waals surface area contributed by atoms with Crippen LogP contribution in [0, 0.1) is 11.7 Å². The molecule has 1 N–H and O–H groups in total. The largest absolute Gasteiger partial charge is 0.390 e. The second-order valence-corrected chi connectivity index (χ2v) is 7.04. The van der Waals surface area contributed by atoms with Crippen LogP contribution in [0.1, 0.15) is 30.9 Å². The Morgan fingerprint density at radius 3 is 2.64 bits per heavy atom. The molecule has 22 heavy (non-hydrogen) atoms. The zero-order valence-corrected chi connectivity index (χ0v) is 13.5. The fourth-order valence-corrected chi connectivity index (χ4v) is 3.64.